The molecule has 0 radical (unpaired) electrons. The first-order valence-corrected chi connectivity index (χ1v) is 16.7. The summed E-state index contributed by atoms with van der Waals surface area (Å²) in [4.78, 5) is 15.4. The number of urea groups is 1. The molecule has 0 saturated heterocycles. The zero-order valence-electron chi connectivity index (χ0n) is 25.2. The van der Waals surface area contributed by atoms with Gasteiger partial charge in [0, 0.05) is 34.5 Å². The van der Waals surface area contributed by atoms with Gasteiger partial charge in [-0.05, 0) is 80.3 Å². The summed E-state index contributed by atoms with van der Waals surface area (Å²) in [6.45, 7) is 8.90. The third-order valence-electron chi connectivity index (χ3n) is 7.82. The van der Waals surface area contributed by atoms with Crippen molar-refractivity contribution in [3.63, 3.8) is 0 Å². The third kappa shape index (κ3) is 6.45. The highest BCUT2D eigenvalue weighted by atomic mass is 32.2. The molecule has 3 aromatic heterocycles. The van der Waals surface area contributed by atoms with E-state index in [0.717, 1.165) is 38.2 Å². The normalized spacial score (nSPS) is 13.5. The van der Waals surface area contributed by atoms with Crippen LogP contribution in [-0.2, 0) is 11.3 Å². The molecule has 222 valence electrons. The average Bonchev–Trinajstić information content (AvgIpc) is 3.63. The first-order valence-electron chi connectivity index (χ1n) is 14.6. The Labute approximate surface area is 261 Å². The van der Waals surface area contributed by atoms with E-state index in [1.165, 1.54) is 18.4 Å². The molecule has 0 unspecified atom stereocenters. The van der Waals surface area contributed by atoms with Gasteiger partial charge in [0.2, 0.25) is 0 Å². The topological polar surface area (TPSA) is 89.1 Å². The largest absolute Gasteiger partial charge is 0.334 e. The Bertz CT molecular complexity index is 1750. The van der Waals surface area contributed by atoms with Crippen LogP contribution < -0.4 is 10.6 Å². The molecule has 43 heavy (non-hydrogen) atoms. The second kappa shape index (κ2) is 12.1. The maximum Gasteiger partial charge on any atom is 0.320 e. The number of carbonyl (C=O) groups is 1. The summed E-state index contributed by atoms with van der Waals surface area (Å²) < 4.78 is 3.68. The van der Waals surface area contributed by atoms with Gasteiger partial charge in [-0.2, -0.15) is 16.9 Å². The molecule has 1 aliphatic rings. The van der Waals surface area contributed by atoms with Gasteiger partial charge in [0.1, 0.15) is 11.6 Å². The van der Waals surface area contributed by atoms with Gasteiger partial charge in [-0.25, -0.2) is 9.48 Å². The lowest BCUT2D eigenvalue weighted by atomic mass is 10.1. The number of carbonyl (C=O) groups excluding carboxylic acids is 1. The predicted octanol–water partition coefficient (Wildman–Crippen LogP) is 7.99. The number of benzene rings is 2. The summed E-state index contributed by atoms with van der Waals surface area (Å²) in [5, 5.41) is 19.7. The van der Waals surface area contributed by atoms with Gasteiger partial charge < -0.3 is 5.32 Å². The van der Waals surface area contributed by atoms with Gasteiger partial charge in [0.25, 0.3) is 0 Å². The molecule has 3 heterocycles. The van der Waals surface area contributed by atoms with Crippen LogP contribution in [0.4, 0.5) is 10.6 Å². The Morgan fingerprint density at radius 3 is 2.53 bits per heavy atom. The van der Waals surface area contributed by atoms with Crippen molar-refractivity contribution in [2.45, 2.75) is 73.5 Å². The number of nitrogens with zero attached hydrogens (tertiary/aromatic N) is 5. The van der Waals surface area contributed by atoms with E-state index in [2.05, 4.69) is 102 Å². The van der Waals surface area contributed by atoms with Crippen LogP contribution >= 0.6 is 23.5 Å². The second-order valence-corrected chi connectivity index (χ2v) is 14.3. The van der Waals surface area contributed by atoms with Crippen LogP contribution in [0, 0.1) is 0 Å². The molecule has 8 nitrogen and oxygen atoms in total. The molecule has 0 bridgehead atoms. The number of thioether (sulfide) groups is 1. The van der Waals surface area contributed by atoms with Crippen LogP contribution in [0.5, 0.6) is 0 Å². The Morgan fingerprint density at radius 2 is 1.81 bits per heavy atom. The molecular weight excluding hydrogens is 575 g/mol. The molecule has 2 N–H and O–H groups in total. The smallest absolute Gasteiger partial charge is 0.320 e. The highest BCUT2D eigenvalue weighted by Crippen LogP contribution is 2.40. The number of rotatable bonds is 10. The highest BCUT2D eigenvalue weighted by Gasteiger charge is 2.26. The van der Waals surface area contributed by atoms with Crippen molar-refractivity contribution in [2.75, 3.05) is 11.6 Å². The summed E-state index contributed by atoms with van der Waals surface area (Å²) in [6, 6.07) is 22.4. The van der Waals surface area contributed by atoms with Crippen molar-refractivity contribution in [1.29, 1.82) is 0 Å². The lowest BCUT2D eigenvalue weighted by Crippen LogP contribution is -2.29. The summed E-state index contributed by atoms with van der Waals surface area (Å²) in [5.74, 6) is 2.53. The van der Waals surface area contributed by atoms with Gasteiger partial charge in [-0.15, -0.1) is 10.2 Å². The maximum atomic E-state index is 13.2. The van der Waals surface area contributed by atoms with E-state index in [1.807, 2.05) is 35.0 Å². The average molecular weight is 612 g/mol. The van der Waals surface area contributed by atoms with Crippen molar-refractivity contribution in [2.24, 2.45) is 0 Å². The van der Waals surface area contributed by atoms with Gasteiger partial charge in [0.05, 0.1) is 16.1 Å². The standard InChI is InChI=1S/C33H37N7OS2/c1-21(2)31-37-36-29-17-16-26(20-39(29)31)43-27-9-7-6-8-24(27)19-34-32(41)35-30-18-28(33(3,4)42-5)38-40(30)25-14-12-23(13-15-25)22-10-11-22/h6-9,12-18,20-22H,10-11,19H2,1-5H3,(H2,34,35,41). The lowest BCUT2D eigenvalue weighted by molar-refractivity contribution is 0.251. The first kappa shape index (κ1) is 29.3. The first-order chi connectivity index (χ1) is 20.7. The summed E-state index contributed by atoms with van der Waals surface area (Å²) in [5.41, 5.74) is 5.07. The number of hydrogen-bond donors (Lipinski definition) is 2. The monoisotopic (exact) mass is 611 g/mol. The summed E-state index contributed by atoms with van der Waals surface area (Å²) >= 11 is 3.39. The SMILES string of the molecule is CSC(C)(C)c1cc(NC(=O)NCc2ccccc2Sc2ccc3nnc(C(C)C)n3c2)n(-c2ccc(C3CC3)cc2)n1. The maximum absolute atomic E-state index is 13.2. The molecule has 1 saturated carbocycles. The molecule has 6 rings (SSSR count). The fraction of sp³-hybridized carbons (Fsp3) is 0.333. The molecule has 0 atom stereocenters. The number of fused-ring (bicyclic) bond motifs is 1. The van der Waals surface area contributed by atoms with Crippen molar-refractivity contribution in [3.8, 4) is 5.69 Å². The Balaban J connectivity index is 1.18. The molecule has 0 spiro atoms. The number of hydrogen-bond acceptors (Lipinski definition) is 6. The van der Waals surface area contributed by atoms with E-state index in [4.69, 9.17) is 5.10 Å². The number of pyridine rings is 1. The minimum Gasteiger partial charge on any atom is -0.334 e. The van der Waals surface area contributed by atoms with E-state index in [9.17, 15) is 4.79 Å². The molecule has 5 aromatic rings. The molecule has 2 amide bonds. The Kier molecular flexibility index (Phi) is 8.24. The van der Waals surface area contributed by atoms with E-state index in [-0.39, 0.29) is 16.7 Å². The quantitative estimate of drug-likeness (QED) is 0.166. The third-order valence-corrected chi connectivity index (χ3v) is 10.1. The van der Waals surface area contributed by atoms with Crippen LogP contribution in [0.25, 0.3) is 11.3 Å². The molecule has 2 aromatic carbocycles. The minimum atomic E-state index is -0.281. The predicted molar refractivity (Wildman–Crippen MR) is 176 cm³/mol. The fourth-order valence-electron chi connectivity index (χ4n) is 4.93. The lowest BCUT2D eigenvalue weighted by Gasteiger charge is -2.18. The van der Waals surface area contributed by atoms with E-state index < -0.39 is 0 Å². The van der Waals surface area contributed by atoms with Gasteiger partial charge >= 0.3 is 6.03 Å². The van der Waals surface area contributed by atoms with Gasteiger partial charge in [0.15, 0.2) is 5.65 Å². The fourth-order valence-corrected chi connectivity index (χ4v) is 6.20. The van der Waals surface area contributed by atoms with Crippen LogP contribution in [-0.4, -0.2) is 36.7 Å². The number of aromatic nitrogens is 5. The van der Waals surface area contributed by atoms with Crippen LogP contribution in [0.15, 0.2) is 82.7 Å². The second-order valence-electron chi connectivity index (χ2n) is 11.7. The van der Waals surface area contributed by atoms with Crippen LogP contribution in [0.3, 0.4) is 0 Å². The summed E-state index contributed by atoms with van der Waals surface area (Å²) in [7, 11) is 0. The Morgan fingerprint density at radius 1 is 1.05 bits per heavy atom. The molecular formula is C33H37N7OS2. The minimum absolute atomic E-state index is 0.200. The van der Waals surface area contributed by atoms with Crippen molar-refractivity contribution in [1.82, 2.24) is 29.7 Å². The molecule has 10 heteroatoms. The van der Waals surface area contributed by atoms with E-state index in [0.29, 0.717) is 18.3 Å². The van der Waals surface area contributed by atoms with Crippen molar-refractivity contribution < 1.29 is 4.79 Å². The van der Waals surface area contributed by atoms with Crippen molar-refractivity contribution in [3.05, 3.63) is 95.6 Å². The van der Waals surface area contributed by atoms with Gasteiger partial charge in [-0.3, -0.25) is 9.72 Å². The zero-order chi connectivity index (χ0) is 30.1. The number of anilines is 1. The molecule has 1 fully saturated rings. The summed E-state index contributed by atoms with van der Waals surface area (Å²) in [6.07, 6.45) is 6.68. The Hall–Kier alpha value is -3.76. The number of nitrogens with one attached hydrogen (secondary N) is 2. The van der Waals surface area contributed by atoms with Gasteiger partial charge in [-0.1, -0.05) is 55.9 Å². The van der Waals surface area contributed by atoms with Crippen molar-refractivity contribution >= 4 is 41.0 Å². The molecule has 0 aliphatic heterocycles. The van der Waals surface area contributed by atoms with Crippen LogP contribution in [0.2, 0.25) is 0 Å². The molecule has 1 aliphatic carbocycles. The van der Waals surface area contributed by atoms with Crippen LogP contribution in [0.1, 0.15) is 75.0 Å². The zero-order valence-corrected chi connectivity index (χ0v) is 26.8. The van der Waals surface area contributed by atoms with E-state index >= 15 is 0 Å². The number of amides is 2. The van der Waals surface area contributed by atoms with E-state index in [1.54, 1.807) is 23.5 Å². The highest BCUT2D eigenvalue weighted by molar-refractivity contribution is 7.99.